The molecule has 0 amide bonds. The number of hydrogen-bond donors (Lipinski definition) is 2. The molecule has 0 aromatic heterocycles. The lowest BCUT2D eigenvalue weighted by Gasteiger charge is -2.49. The molecule has 1 aliphatic heterocycles. The van der Waals surface area contributed by atoms with Gasteiger partial charge in [-0.1, -0.05) is 37.5 Å². The van der Waals surface area contributed by atoms with Crippen LogP contribution < -0.4 is 10.5 Å². The van der Waals surface area contributed by atoms with Crippen LogP contribution in [0.4, 0.5) is 0 Å². The van der Waals surface area contributed by atoms with E-state index in [1.165, 1.54) is 19.3 Å². The molecule has 3 nitrogen and oxygen atoms in total. The second kappa shape index (κ2) is 5.05. The molecular weight excluding hydrogens is 250 g/mol. The third-order valence-electron chi connectivity index (χ3n) is 5.45. The number of benzene rings is 1. The Labute approximate surface area is 121 Å². The van der Waals surface area contributed by atoms with E-state index in [2.05, 4.69) is 6.07 Å². The van der Waals surface area contributed by atoms with E-state index in [-0.39, 0.29) is 5.41 Å². The first-order valence-corrected chi connectivity index (χ1v) is 7.69. The topological polar surface area (TPSA) is 55.5 Å². The molecule has 2 atom stereocenters. The molecule has 3 N–H and O–H groups in total. The molecule has 2 aliphatic rings. The highest BCUT2D eigenvalue weighted by molar-refractivity contribution is 5.37. The zero-order chi connectivity index (χ0) is 14.2. The maximum atomic E-state index is 11.1. The first-order valence-electron chi connectivity index (χ1n) is 7.69. The fourth-order valence-corrected chi connectivity index (χ4v) is 3.59. The quantitative estimate of drug-likeness (QED) is 0.887. The molecule has 1 heterocycles. The third kappa shape index (κ3) is 2.23. The van der Waals surface area contributed by atoms with E-state index in [1.54, 1.807) is 0 Å². The molecule has 0 radical (unpaired) electrons. The van der Waals surface area contributed by atoms with Crippen molar-refractivity contribution in [2.45, 2.75) is 44.6 Å². The minimum absolute atomic E-state index is 0.364. The van der Waals surface area contributed by atoms with Crippen molar-refractivity contribution in [2.24, 2.45) is 17.1 Å². The number of fused-ring (bicyclic) bond motifs is 1. The second-order valence-corrected chi connectivity index (χ2v) is 6.83. The number of rotatable bonds is 4. The third-order valence-corrected chi connectivity index (χ3v) is 5.45. The molecule has 1 aromatic rings. The molecule has 1 saturated carbocycles. The molecular formula is C17H25NO2. The predicted molar refractivity (Wildman–Crippen MR) is 79.7 cm³/mol. The summed E-state index contributed by atoms with van der Waals surface area (Å²) >= 11 is 0. The molecule has 0 bridgehead atoms. The summed E-state index contributed by atoms with van der Waals surface area (Å²) in [7, 11) is 0. The smallest absolute Gasteiger partial charge is 0.122 e. The van der Waals surface area contributed by atoms with Crippen LogP contribution in [0.5, 0.6) is 5.75 Å². The monoisotopic (exact) mass is 275 g/mol. The van der Waals surface area contributed by atoms with Gasteiger partial charge in [0.15, 0.2) is 0 Å². The van der Waals surface area contributed by atoms with Crippen LogP contribution in [0.2, 0.25) is 0 Å². The van der Waals surface area contributed by atoms with E-state index >= 15 is 0 Å². The highest BCUT2D eigenvalue weighted by Crippen LogP contribution is 2.46. The number of aliphatic hydroxyl groups is 1. The lowest BCUT2D eigenvalue weighted by molar-refractivity contribution is -0.112. The maximum absolute atomic E-state index is 11.1. The molecule has 1 aromatic carbocycles. The van der Waals surface area contributed by atoms with Crippen LogP contribution in [0, 0.1) is 11.3 Å². The largest absolute Gasteiger partial charge is 0.493 e. The van der Waals surface area contributed by atoms with Crippen molar-refractivity contribution in [3.8, 4) is 5.75 Å². The number of hydrogen-bond acceptors (Lipinski definition) is 3. The average Bonchev–Trinajstić information content (AvgIpc) is 2.42. The van der Waals surface area contributed by atoms with Crippen molar-refractivity contribution in [3.63, 3.8) is 0 Å². The number of para-hydroxylation sites is 1. The van der Waals surface area contributed by atoms with Crippen LogP contribution in [0.3, 0.4) is 0 Å². The highest BCUT2D eigenvalue weighted by atomic mass is 16.5. The molecule has 0 saturated heterocycles. The van der Waals surface area contributed by atoms with Crippen molar-refractivity contribution < 1.29 is 9.84 Å². The zero-order valence-corrected chi connectivity index (χ0v) is 12.3. The summed E-state index contributed by atoms with van der Waals surface area (Å²) in [6.07, 6.45) is 5.44. The van der Waals surface area contributed by atoms with Crippen molar-refractivity contribution in [1.29, 1.82) is 0 Å². The Kier molecular flexibility index (Phi) is 3.51. The van der Waals surface area contributed by atoms with E-state index in [0.29, 0.717) is 19.1 Å². The Morgan fingerprint density at radius 3 is 2.80 bits per heavy atom. The van der Waals surface area contributed by atoms with Gasteiger partial charge in [-0.15, -0.1) is 0 Å². The van der Waals surface area contributed by atoms with Crippen LogP contribution in [0.1, 0.15) is 38.2 Å². The van der Waals surface area contributed by atoms with Gasteiger partial charge in [-0.25, -0.2) is 0 Å². The Balaban J connectivity index is 1.84. The van der Waals surface area contributed by atoms with Crippen LogP contribution in [0.25, 0.3) is 0 Å². The summed E-state index contributed by atoms with van der Waals surface area (Å²) in [6, 6.07) is 8.09. The molecule has 2 unspecified atom stereocenters. The Morgan fingerprint density at radius 1 is 1.40 bits per heavy atom. The maximum Gasteiger partial charge on any atom is 0.122 e. The number of nitrogens with two attached hydrogens (primary N) is 1. The SMILES string of the molecule is CC(O)(CC1CCC1)C1(CN)COc2ccccc2C1. The minimum Gasteiger partial charge on any atom is -0.493 e. The summed E-state index contributed by atoms with van der Waals surface area (Å²) < 4.78 is 5.91. The van der Waals surface area contributed by atoms with Gasteiger partial charge in [-0.3, -0.25) is 0 Å². The van der Waals surface area contributed by atoms with Crippen molar-refractivity contribution in [3.05, 3.63) is 29.8 Å². The second-order valence-electron chi connectivity index (χ2n) is 6.83. The fourth-order valence-electron chi connectivity index (χ4n) is 3.59. The van der Waals surface area contributed by atoms with Gasteiger partial charge >= 0.3 is 0 Å². The van der Waals surface area contributed by atoms with Crippen molar-refractivity contribution in [2.75, 3.05) is 13.2 Å². The van der Waals surface area contributed by atoms with Gasteiger partial charge in [0.05, 0.1) is 12.2 Å². The van der Waals surface area contributed by atoms with E-state index in [0.717, 1.165) is 24.2 Å². The van der Waals surface area contributed by atoms with Gasteiger partial charge in [0.25, 0.3) is 0 Å². The predicted octanol–water partition coefficient (Wildman–Crippen LogP) is 2.51. The van der Waals surface area contributed by atoms with Gasteiger partial charge in [-0.05, 0) is 37.3 Å². The van der Waals surface area contributed by atoms with Gasteiger partial charge in [-0.2, -0.15) is 0 Å². The Hall–Kier alpha value is -1.06. The summed E-state index contributed by atoms with van der Waals surface area (Å²) in [6.45, 7) is 2.93. The molecule has 110 valence electrons. The summed E-state index contributed by atoms with van der Waals surface area (Å²) in [5, 5.41) is 11.1. The van der Waals surface area contributed by atoms with E-state index in [4.69, 9.17) is 10.5 Å². The van der Waals surface area contributed by atoms with Crippen LogP contribution >= 0.6 is 0 Å². The van der Waals surface area contributed by atoms with Crippen molar-refractivity contribution in [1.82, 2.24) is 0 Å². The fraction of sp³-hybridized carbons (Fsp3) is 0.647. The molecule has 3 rings (SSSR count). The Bertz CT molecular complexity index is 482. The van der Waals surface area contributed by atoms with Gasteiger partial charge in [0.1, 0.15) is 5.75 Å². The van der Waals surface area contributed by atoms with Gasteiger partial charge in [0, 0.05) is 12.0 Å². The van der Waals surface area contributed by atoms with Gasteiger partial charge < -0.3 is 15.6 Å². The first kappa shape index (κ1) is 13.9. The Morgan fingerprint density at radius 2 is 2.15 bits per heavy atom. The molecule has 1 fully saturated rings. The lowest BCUT2D eigenvalue weighted by Crippen LogP contribution is -2.58. The molecule has 3 heteroatoms. The zero-order valence-electron chi connectivity index (χ0n) is 12.3. The normalized spacial score (nSPS) is 28.9. The van der Waals surface area contributed by atoms with Crippen molar-refractivity contribution >= 4 is 0 Å². The first-order chi connectivity index (χ1) is 9.56. The molecule has 0 spiro atoms. The summed E-state index contributed by atoms with van der Waals surface area (Å²) in [5.41, 5.74) is 6.11. The average molecular weight is 275 g/mol. The highest BCUT2D eigenvalue weighted by Gasteiger charge is 2.50. The summed E-state index contributed by atoms with van der Waals surface area (Å²) in [4.78, 5) is 0. The van der Waals surface area contributed by atoms with E-state index in [9.17, 15) is 5.11 Å². The molecule has 1 aliphatic carbocycles. The minimum atomic E-state index is -0.764. The van der Waals surface area contributed by atoms with Crippen LogP contribution in [-0.4, -0.2) is 23.9 Å². The van der Waals surface area contributed by atoms with Crippen LogP contribution in [0.15, 0.2) is 24.3 Å². The standard InChI is InChI=1S/C17H25NO2/c1-16(19,9-13-5-4-6-13)17(11-18)10-14-7-2-3-8-15(14)20-12-17/h2-3,7-8,13,19H,4-6,9-12,18H2,1H3. The molecule has 20 heavy (non-hydrogen) atoms. The van der Waals surface area contributed by atoms with E-state index in [1.807, 2.05) is 25.1 Å². The number of ether oxygens (including phenoxy) is 1. The lowest BCUT2D eigenvalue weighted by atomic mass is 9.63. The van der Waals surface area contributed by atoms with E-state index < -0.39 is 5.60 Å². The van der Waals surface area contributed by atoms with Gasteiger partial charge in [0.2, 0.25) is 0 Å². The summed E-state index contributed by atoms with van der Waals surface area (Å²) in [5.74, 6) is 1.60. The van der Waals surface area contributed by atoms with Crippen LogP contribution in [-0.2, 0) is 6.42 Å².